The maximum atomic E-state index is 9.51. The molecule has 3 aliphatic rings. The third-order valence-corrected chi connectivity index (χ3v) is 4.93. The average molecular weight is 249 g/mol. The average Bonchev–Trinajstić information content (AvgIpc) is 3.12. The van der Waals surface area contributed by atoms with Gasteiger partial charge in [0.05, 0.1) is 12.1 Å². The number of aliphatic hydroxyl groups is 1. The topological polar surface area (TPSA) is 71.2 Å². The maximum absolute atomic E-state index is 9.51. The fraction of sp³-hybridized carbons (Fsp3) is 0.846. The zero-order chi connectivity index (χ0) is 12.1. The summed E-state index contributed by atoms with van der Waals surface area (Å²) in [6.45, 7) is 0.622. The third-order valence-electron chi connectivity index (χ3n) is 4.93. The Morgan fingerprint density at radius 1 is 1.22 bits per heavy atom. The van der Waals surface area contributed by atoms with Crippen molar-refractivity contribution in [2.24, 2.45) is 11.8 Å². The molecule has 2 saturated carbocycles. The number of rotatable bonds is 2. The molecule has 2 aliphatic carbocycles. The van der Waals surface area contributed by atoms with Gasteiger partial charge in [-0.05, 0) is 37.5 Å². The van der Waals surface area contributed by atoms with Crippen molar-refractivity contribution in [2.45, 2.75) is 50.2 Å². The second-order valence-electron chi connectivity index (χ2n) is 6.12. The summed E-state index contributed by atoms with van der Waals surface area (Å²) in [6, 6.07) is 0.0415. The van der Waals surface area contributed by atoms with Crippen LogP contribution < -0.4 is 5.32 Å². The van der Waals surface area contributed by atoms with E-state index in [9.17, 15) is 5.11 Å². The van der Waals surface area contributed by atoms with Crippen molar-refractivity contribution in [1.82, 2.24) is 15.5 Å². The minimum absolute atomic E-state index is 0.0415. The second-order valence-corrected chi connectivity index (χ2v) is 6.12. The lowest BCUT2D eigenvalue weighted by Gasteiger charge is -2.17. The highest BCUT2D eigenvalue weighted by Gasteiger charge is 2.42. The van der Waals surface area contributed by atoms with Gasteiger partial charge in [-0.15, -0.1) is 0 Å². The minimum atomic E-state index is -0.284. The number of aliphatic hydroxyl groups excluding tert-OH is 1. The smallest absolute Gasteiger partial charge is 0.243 e. The summed E-state index contributed by atoms with van der Waals surface area (Å²) < 4.78 is 5.38. The van der Waals surface area contributed by atoms with Gasteiger partial charge in [0.25, 0.3) is 0 Å². The summed E-state index contributed by atoms with van der Waals surface area (Å²) >= 11 is 0. The molecule has 0 radical (unpaired) electrons. The molecular formula is C13H19N3O2. The molecule has 0 aromatic carbocycles. The minimum Gasteiger partial charge on any atom is -0.392 e. The number of aromatic nitrogens is 2. The molecule has 3 unspecified atom stereocenters. The van der Waals surface area contributed by atoms with Crippen LogP contribution in [-0.4, -0.2) is 27.9 Å². The summed E-state index contributed by atoms with van der Waals surface area (Å²) in [5.41, 5.74) is 0. The fourth-order valence-corrected chi connectivity index (χ4v) is 4.01. The molecule has 0 spiro atoms. The molecule has 1 aromatic rings. The van der Waals surface area contributed by atoms with E-state index < -0.39 is 0 Å². The summed E-state index contributed by atoms with van der Waals surface area (Å²) in [7, 11) is 0. The van der Waals surface area contributed by atoms with Crippen molar-refractivity contribution < 1.29 is 9.63 Å². The highest BCUT2D eigenvalue weighted by atomic mass is 16.5. The monoisotopic (exact) mass is 249 g/mol. The predicted octanol–water partition coefficient (Wildman–Crippen LogP) is 1.37. The van der Waals surface area contributed by atoms with Crippen LogP contribution in [0.3, 0.4) is 0 Å². The van der Waals surface area contributed by atoms with E-state index in [4.69, 9.17) is 4.52 Å². The Balaban J connectivity index is 1.52. The highest BCUT2D eigenvalue weighted by molar-refractivity contribution is 5.08. The van der Waals surface area contributed by atoms with Gasteiger partial charge in [-0.2, -0.15) is 4.98 Å². The molecule has 2 bridgehead atoms. The van der Waals surface area contributed by atoms with Gasteiger partial charge in [0, 0.05) is 12.5 Å². The summed E-state index contributed by atoms with van der Waals surface area (Å²) in [5.74, 6) is 3.76. The zero-order valence-corrected chi connectivity index (χ0v) is 10.4. The number of fused-ring (bicyclic) bond motifs is 2. The quantitative estimate of drug-likeness (QED) is 0.828. The van der Waals surface area contributed by atoms with Crippen molar-refractivity contribution in [3.05, 3.63) is 11.7 Å². The Hall–Kier alpha value is -0.940. The molecule has 3 fully saturated rings. The Kier molecular flexibility index (Phi) is 2.45. The lowest BCUT2D eigenvalue weighted by Crippen LogP contribution is -2.15. The lowest BCUT2D eigenvalue weighted by atomic mass is 9.88. The Morgan fingerprint density at radius 3 is 2.83 bits per heavy atom. The Bertz CT molecular complexity index is 447. The van der Waals surface area contributed by atoms with Crippen LogP contribution in [0.25, 0.3) is 0 Å². The predicted molar refractivity (Wildman–Crippen MR) is 63.9 cm³/mol. The molecule has 98 valence electrons. The Morgan fingerprint density at radius 2 is 2.17 bits per heavy atom. The van der Waals surface area contributed by atoms with Gasteiger partial charge in [0.2, 0.25) is 5.89 Å². The number of nitrogens with zero attached hydrogens (tertiary/aromatic N) is 2. The van der Waals surface area contributed by atoms with Crippen molar-refractivity contribution >= 4 is 0 Å². The van der Waals surface area contributed by atoms with Crippen molar-refractivity contribution in [2.75, 3.05) is 6.54 Å². The summed E-state index contributed by atoms with van der Waals surface area (Å²) in [4.78, 5) is 4.58. The second kappa shape index (κ2) is 4.03. The van der Waals surface area contributed by atoms with Crippen LogP contribution >= 0.6 is 0 Å². The molecule has 2 N–H and O–H groups in total. The number of β-amino-alcohol motifs (C(OH)–C–C–N with tert-alkyl or cyclic N) is 1. The first-order valence-electron chi connectivity index (χ1n) is 7.04. The molecule has 1 aliphatic heterocycles. The van der Waals surface area contributed by atoms with E-state index in [0.29, 0.717) is 24.8 Å². The van der Waals surface area contributed by atoms with E-state index in [0.717, 1.165) is 17.7 Å². The van der Waals surface area contributed by atoms with Gasteiger partial charge in [0.15, 0.2) is 5.82 Å². The lowest BCUT2D eigenvalue weighted by molar-refractivity contribution is 0.191. The van der Waals surface area contributed by atoms with Gasteiger partial charge in [-0.1, -0.05) is 11.6 Å². The molecule has 4 rings (SSSR count). The number of hydrogen-bond acceptors (Lipinski definition) is 5. The molecule has 5 heteroatoms. The summed E-state index contributed by atoms with van der Waals surface area (Å²) in [6.07, 6.45) is 5.72. The molecule has 2 heterocycles. The van der Waals surface area contributed by atoms with Gasteiger partial charge in [0.1, 0.15) is 0 Å². The molecular weight excluding hydrogens is 230 g/mol. The first-order valence-corrected chi connectivity index (χ1v) is 7.04. The largest absolute Gasteiger partial charge is 0.392 e. The van der Waals surface area contributed by atoms with Crippen molar-refractivity contribution in [1.29, 1.82) is 0 Å². The van der Waals surface area contributed by atoms with Crippen LogP contribution in [-0.2, 0) is 0 Å². The van der Waals surface area contributed by atoms with Crippen LogP contribution in [0.2, 0.25) is 0 Å². The van der Waals surface area contributed by atoms with Crippen LogP contribution in [0.15, 0.2) is 4.52 Å². The molecule has 0 amide bonds. The first-order chi connectivity index (χ1) is 8.79. The van der Waals surface area contributed by atoms with Gasteiger partial charge < -0.3 is 14.9 Å². The SMILES string of the molecule is O[C@H]1CN[C@H](c2nc(C3CC4CCC3C4)no2)C1. The first kappa shape index (κ1) is 10.9. The number of nitrogens with one attached hydrogen (secondary N) is 1. The van der Waals surface area contributed by atoms with Crippen LogP contribution in [0.4, 0.5) is 0 Å². The van der Waals surface area contributed by atoms with Crippen LogP contribution in [0.1, 0.15) is 55.8 Å². The molecule has 5 atom stereocenters. The van der Waals surface area contributed by atoms with E-state index in [1.807, 2.05) is 0 Å². The third kappa shape index (κ3) is 1.68. The highest BCUT2D eigenvalue weighted by Crippen LogP contribution is 2.52. The standard InChI is InChI=1S/C13H19N3O2/c17-9-5-11(14-6-9)13-15-12(16-18-13)10-4-7-1-2-8(10)3-7/h7-11,14,17H,1-6H2/t7?,8?,9-,10?,11+/m1/s1. The van der Waals surface area contributed by atoms with Gasteiger partial charge in [-0.3, -0.25) is 0 Å². The summed E-state index contributed by atoms with van der Waals surface area (Å²) in [5, 5.41) is 16.9. The Labute approximate surface area is 106 Å². The molecule has 1 aromatic heterocycles. The number of hydrogen-bond donors (Lipinski definition) is 2. The zero-order valence-electron chi connectivity index (χ0n) is 10.4. The van der Waals surface area contributed by atoms with Crippen molar-refractivity contribution in [3.63, 3.8) is 0 Å². The van der Waals surface area contributed by atoms with Crippen LogP contribution in [0, 0.1) is 11.8 Å². The van der Waals surface area contributed by atoms with E-state index in [2.05, 4.69) is 15.5 Å². The molecule has 18 heavy (non-hydrogen) atoms. The fourth-order valence-electron chi connectivity index (χ4n) is 4.01. The van der Waals surface area contributed by atoms with E-state index in [1.165, 1.54) is 25.7 Å². The van der Waals surface area contributed by atoms with Gasteiger partial charge >= 0.3 is 0 Å². The molecule has 1 saturated heterocycles. The van der Waals surface area contributed by atoms with Gasteiger partial charge in [-0.25, -0.2) is 0 Å². The normalized spacial score (nSPS) is 42.8. The van der Waals surface area contributed by atoms with E-state index in [1.54, 1.807) is 0 Å². The van der Waals surface area contributed by atoms with Crippen LogP contribution in [0.5, 0.6) is 0 Å². The molecule has 5 nitrogen and oxygen atoms in total. The van der Waals surface area contributed by atoms with E-state index in [-0.39, 0.29) is 12.1 Å². The maximum Gasteiger partial charge on any atom is 0.243 e. The van der Waals surface area contributed by atoms with Crippen molar-refractivity contribution in [3.8, 4) is 0 Å². The van der Waals surface area contributed by atoms with E-state index >= 15 is 0 Å².